The number of likely N-dealkylation sites (N-methyl/N-ethyl adjacent to an activating group) is 1. The van der Waals surface area contributed by atoms with Crippen molar-refractivity contribution in [1.82, 2.24) is 19.8 Å². The van der Waals surface area contributed by atoms with E-state index in [0.717, 1.165) is 19.0 Å². The maximum atomic E-state index is 13.8. The summed E-state index contributed by atoms with van der Waals surface area (Å²) in [6, 6.07) is 4.01. The Balaban J connectivity index is 1.93. The van der Waals surface area contributed by atoms with E-state index in [1.165, 1.54) is 25.0 Å². The molecule has 12 heteroatoms. The van der Waals surface area contributed by atoms with Crippen LogP contribution in [0.1, 0.15) is 48.5 Å². The summed E-state index contributed by atoms with van der Waals surface area (Å²) >= 11 is 0. The molecule has 1 aromatic heterocycles. The Kier molecular flexibility index (Phi) is 8.26. The maximum absolute atomic E-state index is 13.8. The molecule has 9 nitrogen and oxygen atoms in total. The number of halogens is 3. The average molecular weight is 509 g/mol. The number of alkyl halides is 3. The number of methoxy groups -OCH3 is 1. The van der Waals surface area contributed by atoms with Gasteiger partial charge in [0.2, 0.25) is 11.9 Å². The molecule has 1 aromatic carbocycles. The fraction of sp³-hybridized carbons (Fsp3) is 0.500. The predicted molar refractivity (Wildman–Crippen MR) is 129 cm³/mol. The van der Waals surface area contributed by atoms with E-state index in [4.69, 9.17) is 4.74 Å². The summed E-state index contributed by atoms with van der Waals surface area (Å²) in [4.78, 5) is 35.2. The zero-order valence-corrected chi connectivity index (χ0v) is 20.9. The van der Waals surface area contributed by atoms with Gasteiger partial charge in [0.05, 0.1) is 18.8 Å². The molecule has 2 amide bonds. The van der Waals surface area contributed by atoms with Gasteiger partial charge in [0.25, 0.3) is 5.91 Å². The molecule has 2 N–H and O–H groups in total. The van der Waals surface area contributed by atoms with E-state index in [-0.39, 0.29) is 29.6 Å². The topological polar surface area (TPSA) is 99.7 Å². The monoisotopic (exact) mass is 508 g/mol. The van der Waals surface area contributed by atoms with Crippen molar-refractivity contribution in [2.24, 2.45) is 0 Å². The molecule has 3 rings (SSSR count). The first-order valence-electron chi connectivity index (χ1n) is 11.5. The average Bonchev–Trinajstić information content (AvgIpc) is 2.83. The molecule has 1 fully saturated rings. The molecular formula is C24H31F3N6O3. The van der Waals surface area contributed by atoms with Crippen molar-refractivity contribution in [3.05, 3.63) is 35.5 Å². The van der Waals surface area contributed by atoms with Gasteiger partial charge in [-0.25, -0.2) is 4.98 Å². The van der Waals surface area contributed by atoms with E-state index in [1.807, 2.05) is 0 Å². The van der Waals surface area contributed by atoms with Crippen LogP contribution in [0.4, 0.5) is 30.6 Å². The summed E-state index contributed by atoms with van der Waals surface area (Å²) in [7, 11) is 6.31. The van der Waals surface area contributed by atoms with Crippen LogP contribution >= 0.6 is 0 Å². The number of carbonyl (C=O) groups is 2. The second kappa shape index (κ2) is 11.0. The maximum Gasteiger partial charge on any atom is 0.421 e. The highest BCUT2D eigenvalue weighted by Crippen LogP contribution is 2.36. The zero-order valence-electron chi connectivity index (χ0n) is 20.9. The first-order chi connectivity index (χ1) is 16.9. The van der Waals surface area contributed by atoms with Gasteiger partial charge in [0, 0.05) is 45.9 Å². The molecule has 36 heavy (non-hydrogen) atoms. The first-order valence-corrected chi connectivity index (χ1v) is 11.5. The van der Waals surface area contributed by atoms with Gasteiger partial charge in [-0.3, -0.25) is 9.59 Å². The van der Waals surface area contributed by atoms with E-state index in [9.17, 15) is 22.8 Å². The van der Waals surface area contributed by atoms with Crippen molar-refractivity contribution < 1.29 is 27.5 Å². The molecule has 0 saturated heterocycles. The van der Waals surface area contributed by atoms with Crippen LogP contribution in [0.5, 0.6) is 5.75 Å². The van der Waals surface area contributed by atoms with Gasteiger partial charge < -0.3 is 25.2 Å². The Morgan fingerprint density at radius 1 is 1.14 bits per heavy atom. The Bertz CT molecular complexity index is 1110. The molecule has 0 spiro atoms. The molecule has 2 atom stereocenters. The minimum Gasteiger partial charge on any atom is -0.495 e. The summed E-state index contributed by atoms with van der Waals surface area (Å²) in [5, 5.41) is 5.83. The first kappa shape index (κ1) is 27.0. The summed E-state index contributed by atoms with van der Waals surface area (Å²) in [6.45, 7) is 1.43. The standard InChI is InChI=1S/C24H31F3N6O3/c1-14(34)33(4)19-9-7-6-8-17(19)29-21-16(24(25,26)27)13-28-23(31-21)30-18-11-10-15(12-20(18)36-5)22(35)32(2)3/h10-13,17,19H,6-9H2,1-5H3,(H2,28,29,30,31)/t17?,19-/m1/s1. The number of nitrogens with zero attached hydrogens (tertiary/aromatic N) is 4. The van der Waals surface area contributed by atoms with Crippen molar-refractivity contribution in [1.29, 1.82) is 0 Å². The van der Waals surface area contributed by atoms with Crippen LogP contribution in [-0.4, -0.2) is 71.9 Å². The minimum atomic E-state index is -4.68. The van der Waals surface area contributed by atoms with Crippen molar-refractivity contribution >= 4 is 29.3 Å². The van der Waals surface area contributed by atoms with Gasteiger partial charge in [-0.15, -0.1) is 0 Å². The molecule has 1 unspecified atom stereocenters. The van der Waals surface area contributed by atoms with E-state index in [2.05, 4.69) is 20.6 Å². The number of amides is 2. The molecule has 1 aliphatic rings. The lowest BCUT2D eigenvalue weighted by Gasteiger charge is -2.38. The van der Waals surface area contributed by atoms with Crippen molar-refractivity contribution in [3.8, 4) is 5.75 Å². The minimum absolute atomic E-state index is 0.0808. The highest BCUT2D eigenvalue weighted by atomic mass is 19.4. The van der Waals surface area contributed by atoms with Crippen LogP contribution in [0.2, 0.25) is 0 Å². The summed E-state index contributed by atoms with van der Waals surface area (Å²) < 4.78 is 46.7. The van der Waals surface area contributed by atoms with E-state index in [0.29, 0.717) is 29.8 Å². The fourth-order valence-corrected chi connectivity index (χ4v) is 4.22. The number of hydrogen-bond acceptors (Lipinski definition) is 7. The third-order valence-corrected chi connectivity index (χ3v) is 6.24. The lowest BCUT2D eigenvalue weighted by molar-refractivity contribution is -0.137. The van der Waals surface area contributed by atoms with E-state index in [1.54, 1.807) is 38.2 Å². The Morgan fingerprint density at radius 2 is 1.83 bits per heavy atom. The van der Waals surface area contributed by atoms with Crippen LogP contribution in [-0.2, 0) is 11.0 Å². The smallest absolute Gasteiger partial charge is 0.421 e. The van der Waals surface area contributed by atoms with Crippen molar-refractivity contribution in [3.63, 3.8) is 0 Å². The van der Waals surface area contributed by atoms with E-state index < -0.39 is 17.8 Å². The fourth-order valence-electron chi connectivity index (χ4n) is 4.22. The lowest BCUT2D eigenvalue weighted by Crippen LogP contribution is -2.49. The molecule has 0 bridgehead atoms. The summed E-state index contributed by atoms with van der Waals surface area (Å²) in [5.41, 5.74) is -0.233. The van der Waals surface area contributed by atoms with Crippen LogP contribution in [0.3, 0.4) is 0 Å². The molecule has 1 aliphatic carbocycles. The predicted octanol–water partition coefficient (Wildman–Crippen LogP) is 4.15. The second-order valence-corrected chi connectivity index (χ2v) is 8.93. The zero-order chi connectivity index (χ0) is 26.6. The normalized spacial score (nSPS) is 17.8. The molecule has 0 aliphatic heterocycles. The molecule has 2 aromatic rings. The van der Waals surface area contributed by atoms with E-state index >= 15 is 0 Å². The number of anilines is 3. The Labute approximate surface area is 208 Å². The van der Waals surface area contributed by atoms with Crippen LogP contribution in [0.25, 0.3) is 0 Å². The largest absolute Gasteiger partial charge is 0.495 e. The summed E-state index contributed by atoms with van der Waals surface area (Å²) in [5.74, 6) is -0.529. The summed E-state index contributed by atoms with van der Waals surface area (Å²) in [6.07, 6.45) is -0.964. The molecule has 0 radical (unpaired) electrons. The van der Waals surface area contributed by atoms with Crippen LogP contribution in [0, 0.1) is 0 Å². The van der Waals surface area contributed by atoms with Gasteiger partial charge in [-0.1, -0.05) is 12.8 Å². The quantitative estimate of drug-likeness (QED) is 0.580. The van der Waals surface area contributed by atoms with Crippen LogP contribution < -0.4 is 15.4 Å². The number of ether oxygens (including phenoxy) is 1. The third kappa shape index (κ3) is 6.16. The highest BCUT2D eigenvalue weighted by molar-refractivity contribution is 5.95. The molecule has 1 saturated carbocycles. The van der Waals surface area contributed by atoms with Gasteiger partial charge in [0.1, 0.15) is 17.1 Å². The Morgan fingerprint density at radius 3 is 2.44 bits per heavy atom. The number of hydrogen-bond donors (Lipinski definition) is 2. The van der Waals surface area contributed by atoms with Crippen molar-refractivity contribution in [2.45, 2.75) is 50.9 Å². The van der Waals surface area contributed by atoms with Gasteiger partial charge in [-0.05, 0) is 31.0 Å². The number of nitrogens with one attached hydrogen (secondary N) is 2. The highest BCUT2D eigenvalue weighted by Gasteiger charge is 2.37. The third-order valence-electron chi connectivity index (χ3n) is 6.24. The second-order valence-electron chi connectivity index (χ2n) is 8.93. The SMILES string of the molecule is COc1cc(C(=O)N(C)C)ccc1Nc1ncc(C(F)(F)F)c(NC2CCCC[C@H]2N(C)C(C)=O)n1. The molecular weight excluding hydrogens is 477 g/mol. The van der Waals surface area contributed by atoms with Crippen molar-refractivity contribution in [2.75, 3.05) is 38.9 Å². The Hall–Kier alpha value is -3.57. The number of rotatable bonds is 7. The lowest BCUT2D eigenvalue weighted by atomic mass is 9.89. The molecule has 196 valence electrons. The number of benzene rings is 1. The molecule has 1 heterocycles. The number of aromatic nitrogens is 2. The van der Waals surface area contributed by atoms with Gasteiger partial charge in [-0.2, -0.15) is 18.2 Å². The number of carbonyl (C=O) groups excluding carboxylic acids is 2. The van der Waals surface area contributed by atoms with Gasteiger partial charge >= 0.3 is 6.18 Å². The van der Waals surface area contributed by atoms with Gasteiger partial charge in [0.15, 0.2) is 0 Å². The van der Waals surface area contributed by atoms with Crippen LogP contribution in [0.15, 0.2) is 24.4 Å².